The number of para-hydroxylation sites is 2. The number of aromatic nitrogens is 2. The van der Waals surface area contributed by atoms with Crippen molar-refractivity contribution < 1.29 is 0 Å². The van der Waals surface area contributed by atoms with E-state index in [4.69, 9.17) is 6.57 Å². The number of rotatable bonds is 4. The number of nitriles is 1. The second-order valence-electron chi connectivity index (χ2n) is 8.73. The molecule has 0 spiro atoms. The molecule has 168 valence electrons. The van der Waals surface area contributed by atoms with Crippen LogP contribution in [0.25, 0.3) is 38.8 Å². The van der Waals surface area contributed by atoms with E-state index in [0.29, 0.717) is 5.57 Å². The van der Waals surface area contributed by atoms with E-state index in [1.807, 2.05) is 56.6 Å². The van der Waals surface area contributed by atoms with Gasteiger partial charge in [0.1, 0.15) is 0 Å². The van der Waals surface area contributed by atoms with Crippen LogP contribution in [-0.2, 0) is 14.1 Å². The highest BCUT2D eigenvalue weighted by Gasteiger charge is 2.12. The molecular weight excluding hydrogens is 428 g/mol. The van der Waals surface area contributed by atoms with E-state index in [2.05, 4.69) is 74.9 Å². The molecule has 5 rings (SSSR count). The fourth-order valence-electron chi connectivity index (χ4n) is 4.69. The Balaban J connectivity index is 1.50. The van der Waals surface area contributed by atoms with E-state index in [9.17, 15) is 5.26 Å². The van der Waals surface area contributed by atoms with Gasteiger partial charge in [-0.1, -0.05) is 72.9 Å². The maximum absolute atomic E-state index is 9.49. The first-order chi connectivity index (χ1) is 17.1. The van der Waals surface area contributed by atoms with Gasteiger partial charge in [0.15, 0.2) is 0 Å². The van der Waals surface area contributed by atoms with Gasteiger partial charge in [-0.25, -0.2) is 10.1 Å². The summed E-state index contributed by atoms with van der Waals surface area (Å²) in [6.07, 6.45) is 17.3. The standard InChI is InChI=1S/C31H24N4/c1-33-29(19-32)26-17-22(12-14-24-20-34(2)30-10-6-4-8-27(24)30)16-23(18-26)13-15-25-21-35(3)31-11-7-5-9-28(25)31/h4-15,17-18,20-21H,16H2,2-3H3/b14-12+,15-13+. The molecule has 4 aromatic rings. The van der Waals surface area contributed by atoms with Crippen molar-refractivity contribution in [1.82, 2.24) is 9.13 Å². The summed E-state index contributed by atoms with van der Waals surface area (Å²) < 4.78 is 4.25. The van der Waals surface area contributed by atoms with E-state index >= 15 is 0 Å². The van der Waals surface area contributed by atoms with Crippen LogP contribution in [0.15, 0.2) is 108 Å². The number of fused-ring (bicyclic) bond motifs is 2. The van der Waals surface area contributed by atoms with Crippen molar-refractivity contribution in [2.75, 3.05) is 0 Å². The molecule has 35 heavy (non-hydrogen) atoms. The molecule has 1 aliphatic carbocycles. The number of aryl methyl sites for hydroxylation is 2. The molecule has 0 amide bonds. The van der Waals surface area contributed by atoms with Crippen LogP contribution in [0.4, 0.5) is 0 Å². The molecule has 0 radical (unpaired) electrons. The molecule has 2 heterocycles. The lowest BCUT2D eigenvalue weighted by atomic mass is 9.92. The quantitative estimate of drug-likeness (QED) is 0.236. The third kappa shape index (κ3) is 4.26. The van der Waals surface area contributed by atoms with Crippen molar-refractivity contribution in [2.24, 2.45) is 14.1 Å². The number of hydrogen-bond donors (Lipinski definition) is 0. The van der Waals surface area contributed by atoms with Gasteiger partial charge in [-0.05, 0) is 46.4 Å². The Bertz CT molecular complexity index is 1570. The summed E-state index contributed by atoms with van der Waals surface area (Å²) in [6, 6.07) is 18.7. The maximum Gasteiger partial charge on any atom is 0.268 e. The Morgan fingerprint density at radius 2 is 1.31 bits per heavy atom. The van der Waals surface area contributed by atoms with Gasteiger partial charge in [0, 0.05) is 48.3 Å². The molecule has 0 N–H and O–H groups in total. The normalized spacial score (nSPS) is 13.9. The first-order valence-corrected chi connectivity index (χ1v) is 11.4. The van der Waals surface area contributed by atoms with Crippen LogP contribution in [0.2, 0.25) is 0 Å². The zero-order valence-corrected chi connectivity index (χ0v) is 19.7. The SMILES string of the molecule is [C-]#[N+]C(C#N)=C1C=C(/C=C/c2cn(C)c3ccccc23)CC(/C=C/c2cn(C)c3ccccc23)=C1. The molecule has 0 aliphatic heterocycles. The minimum absolute atomic E-state index is 0.108. The van der Waals surface area contributed by atoms with Crippen molar-refractivity contribution >= 4 is 34.0 Å². The van der Waals surface area contributed by atoms with E-state index in [1.54, 1.807) is 0 Å². The number of nitrogens with zero attached hydrogens (tertiary/aromatic N) is 4. The van der Waals surface area contributed by atoms with Crippen LogP contribution in [0.1, 0.15) is 17.5 Å². The van der Waals surface area contributed by atoms with Gasteiger partial charge in [0.25, 0.3) is 5.70 Å². The first-order valence-electron chi connectivity index (χ1n) is 11.4. The van der Waals surface area contributed by atoms with Gasteiger partial charge < -0.3 is 9.13 Å². The molecule has 1 aliphatic rings. The molecule has 0 saturated heterocycles. The summed E-state index contributed by atoms with van der Waals surface area (Å²) in [5, 5.41) is 11.9. The molecule has 4 nitrogen and oxygen atoms in total. The summed E-state index contributed by atoms with van der Waals surface area (Å²) in [4.78, 5) is 3.45. The lowest BCUT2D eigenvalue weighted by Crippen LogP contribution is -1.94. The molecule has 0 bridgehead atoms. The summed E-state index contributed by atoms with van der Waals surface area (Å²) in [5.74, 6) is 0. The van der Waals surface area contributed by atoms with Gasteiger partial charge in [-0.15, -0.1) is 0 Å². The third-order valence-electron chi connectivity index (χ3n) is 6.39. The minimum atomic E-state index is 0.108. The van der Waals surface area contributed by atoms with Crippen LogP contribution in [0.3, 0.4) is 0 Å². The van der Waals surface area contributed by atoms with Crippen molar-refractivity contribution in [3.63, 3.8) is 0 Å². The van der Waals surface area contributed by atoms with Crippen LogP contribution in [0.5, 0.6) is 0 Å². The smallest absolute Gasteiger partial charge is 0.268 e. The zero-order chi connectivity index (χ0) is 24.4. The van der Waals surface area contributed by atoms with E-state index in [-0.39, 0.29) is 5.70 Å². The molecule has 4 heteroatoms. The number of allylic oxidation sites excluding steroid dienone is 8. The number of benzene rings is 2. The first kappa shape index (κ1) is 22.0. The lowest BCUT2D eigenvalue weighted by molar-refractivity contribution is 0.968. The predicted molar refractivity (Wildman–Crippen MR) is 144 cm³/mol. The van der Waals surface area contributed by atoms with Crippen LogP contribution >= 0.6 is 0 Å². The highest BCUT2D eigenvalue weighted by molar-refractivity contribution is 5.90. The Kier molecular flexibility index (Phi) is 5.80. The van der Waals surface area contributed by atoms with Crippen molar-refractivity contribution in [3.05, 3.63) is 130 Å². The van der Waals surface area contributed by atoms with E-state index in [1.165, 1.54) is 21.8 Å². The maximum atomic E-state index is 9.49. The highest BCUT2D eigenvalue weighted by atomic mass is 14.9. The summed E-state index contributed by atoms with van der Waals surface area (Å²) >= 11 is 0. The second kappa shape index (κ2) is 9.21. The molecule has 0 unspecified atom stereocenters. The van der Waals surface area contributed by atoms with E-state index in [0.717, 1.165) is 28.7 Å². The minimum Gasteiger partial charge on any atom is -0.350 e. The summed E-state index contributed by atoms with van der Waals surface area (Å²) in [6.45, 7) is 7.43. The second-order valence-corrected chi connectivity index (χ2v) is 8.73. The third-order valence-corrected chi connectivity index (χ3v) is 6.39. The predicted octanol–water partition coefficient (Wildman–Crippen LogP) is 7.35. The van der Waals surface area contributed by atoms with Gasteiger partial charge in [0.05, 0.1) is 12.6 Å². The Morgan fingerprint density at radius 1 is 0.829 bits per heavy atom. The highest BCUT2D eigenvalue weighted by Crippen LogP contribution is 2.29. The topological polar surface area (TPSA) is 38.0 Å². The van der Waals surface area contributed by atoms with Crippen molar-refractivity contribution in [1.29, 1.82) is 5.26 Å². The molecule has 0 saturated carbocycles. The fourth-order valence-corrected chi connectivity index (χ4v) is 4.69. The van der Waals surface area contributed by atoms with Crippen molar-refractivity contribution in [2.45, 2.75) is 6.42 Å². The van der Waals surface area contributed by atoms with Gasteiger partial charge in [0.2, 0.25) is 0 Å². The molecule has 2 aromatic carbocycles. The zero-order valence-electron chi connectivity index (χ0n) is 19.7. The number of hydrogen-bond acceptors (Lipinski definition) is 1. The van der Waals surface area contributed by atoms with Crippen molar-refractivity contribution in [3.8, 4) is 6.07 Å². The van der Waals surface area contributed by atoms with Crippen LogP contribution < -0.4 is 0 Å². The van der Waals surface area contributed by atoms with Crippen LogP contribution in [0, 0.1) is 17.9 Å². The van der Waals surface area contributed by atoms with E-state index < -0.39 is 0 Å². The van der Waals surface area contributed by atoms with Crippen LogP contribution in [-0.4, -0.2) is 9.13 Å². The molecular formula is C31H24N4. The average molecular weight is 453 g/mol. The van der Waals surface area contributed by atoms with Gasteiger partial charge >= 0.3 is 0 Å². The summed E-state index contributed by atoms with van der Waals surface area (Å²) in [5.41, 5.74) is 7.53. The molecule has 2 aromatic heterocycles. The molecule has 0 fully saturated rings. The Labute approximate surface area is 205 Å². The van der Waals surface area contributed by atoms with Gasteiger partial charge in [-0.2, -0.15) is 0 Å². The molecule has 0 atom stereocenters. The lowest BCUT2D eigenvalue weighted by Gasteiger charge is -2.12. The fraction of sp³-hybridized carbons (Fsp3) is 0.0968. The monoisotopic (exact) mass is 452 g/mol. The Morgan fingerprint density at radius 3 is 1.77 bits per heavy atom. The van der Waals surface area contributed by atoms with Gasteiger partial charge in [-0.3, -0.25) is 0 Å². The summed E-state index contributed by atoms with van der Waals surface area (Å²) in [7, 11) is 4.10. The average Bonchev–Trinajstić information content (AvgIpc) is 3.38. The largest absolute Gasteiger partial charge is 0.350 e. The Hall–Kier alpha value is -4.80.